The molecule has 1 aliphatic carbocycles. The Morgan fingerprint density at radius 2 is 1.75 bits per heavy atom. The van der Waals surface area contributed by atoms with E-state index in [1.165, 1.54) is 12.4 Å². The summed E-state index contributed by atoms with van der Waals surface area (Å²) < 4.78 is 55.7. The highest BCUT2D eigenvalue weighted by atomic mass is 19.4. The number of aliphatic hydroxyl groups is 1. The number of aromatic nitrogens is 4. The van der Waals surface area contributed by atoms with Gasteiger partial charge < -0.3 is 19.1 Å². The van der Waals surface area contributed by atoms with Crippen molar-refractivity contribution in [3.63, 3.8) is 0 Å². The predicted octanol–water partition coefficient (Wildman–Crippen LogP) is 5.53. The lowest BCUT2D eigenvalue weighted by molar-refractivity contribution is -0.140. The lowest BCUT2D eigenvalue weighted by Gasteiger charge is -2.35. The van der Waals surface area contributed by atoms with Crippen molar-refractivity contribution < 1.29 is 27.8 Å². The number of hydrogen-bond donors (Lipinski definition) is 1. The molecule has 202 valence electrons. The number of hydrogen-bond acceptors (Lipinski definition) is 6. The summed E-state index contributed by atoms with van der Waals surface area (Å²) in [7, 11) is 1.92. The second-order valence-corrected chi connectivity index (χ2v) is 9.55. The van der Waals surface area contributed by atoms with Gasteiger partial charge in [0.2, 0.25) is 5.88 Å². The number of pyridine rings is 3. The van der Waals surface area contributed by atoms with Gasteiger partial charge >= 0.3 is 6.18 Å². The molecule has 1 fully saturated rings. The largest absolute Gasteiger partial charge is 0.489 e. The summed E-state index contributed by atoms with van der Waals surface area (Å²) in [6.07, 6.45) is 1.96. The van der Waals surface area contributed by atoms with Crippen LogP contribution in [0.25, 0.3) is 32.9 Å². The molecule has 1 aromatic carbocycles. The molecule has 5 aromatic rings. The minimum atomic E-state index is -4.64. The van der Waals surface area contributed by atoms with Crippen LogP contribution in [0.2, 0.25) is 0 Å². The Morgan fingerprint density at radius 1 is 0.925 bits per heavy atom. The second-order valence-electron chi connectivity index (χ2n) is 9.55. The van der Waals surface area contributed by atoms with Crippen LogP contribution < -0.4 is 9.47 Å². The van der Waals surface area contributed by atoms with Crippen molar-refractivity contribution in [3.8, 4) is 34.6 Å². The van der Waals surface area contributed by atoms with E-state index >= 15 is 0 Å². The Bertz CT molecular complexity index is 1770. The first-order valence-corrected chi connectivity index (χ1v) is 12.6. The molecule has 0 bridgehead atoms. The number of halogens is 3. The number of alkyl halides is 3. The minimum absolute atomic E-state index is 0.211. The molecule has 0 atom stereocenters. The molecule has 0 spiro atoms. The summed E-state index contributed by atoms with van der Waals surface area (Å²) in [6, 6.07) is 11.9. The van der Waals surface area contributed by atoms with E-state index in [-0.39, 0.29) is 12.7 Å². The maximum absolute atomic E-state index is 14.1. The van der Waals surface area contributed by atoms with Crippen molar-refractivity contribution >= 4 is 21.8 Å². The molecule has 6 rings (SSSR count). The molecule has 4 aromatic heterocycles. The van der Waals surface area contributed by atoms with Crippen LogP contribution >= 0.6 is 0 Å². The zero-order valence-electron chi connectivity index (χ0n) is 21.3. The minimum Gasteiger partial charge on any atom is -0.489 e. The molecule has 4 heterocycles. The monoisotopic (exact) mass is 544 g/mol. The number of fused-ring (bicyclic) bond motifs is 3. The van der Waals surface area contributed by atoms with Gasteiger partial charge in [0.1, 0.15) is 35.8 Å². The molecule has 0 aliphatic heterocycles. The molecule has 40 heavy (non-hydrogen) atoms. The van der Waals surface area contributed by atoms with E-state index < -0.39 is 23.7 Å². The zero-order chi connectivity index (χ0) is 27.9. The van der Waals surface area contributed by atoms with Crippen molar-refractivity contribution in [2.75, 3.05) is 6.61 Å². The maximum Gasteiger partial charge on any atom is 0.421 e. The van der Waals surface area contributed by atoms with Crippen molar-refractivity contribution in [2.24, 2.45) is 7.05 Å². The number of ether oxygens (including phenoxy) is 2. The van der Waals surface area contributed by atoms with Crippen molar-refractivity contribution in [2.45, 2.75) is 31.2 Å². The highest BCUT2D eigenvalue weighted by Crippen LogP contribution is 2.40. The Labute approximate surface area is 227 Å². The fourth-order valence-electron chi connectivity index (χ4n) is 4.85. The van der Waals surface area contributed by atoms with Crippen molar-refractivity contribution in [1.29, 1.82) is 0 Å². The van der Waals surface area contributed by atoms with E-state index in [9.17, 15) is 13.2 Å². The van der Waals surface area contributed by atoms with E-state index in [0.29, 0.717) is 35.4 Å². The fourth-order valence-corrected chi connectivity index (χ4v) is 4.85. The van der Waals surface area contributed by atoms with Crippen LogP contribution in [0.15, 0.2) is 67.3 Å². The number of aliphatic hydroxyl groups excluding tert-OH is 1. The number of aryl methyl sites for hydroxylation is 1. The van der Waals surface area contributed by atoms with E-state index in [0.717, 1.165) is 27.9 Å². The Hall–Kier alpha value is -4.62. The van der Waals surface area contributed by atoms with Crippen LogP contribution in [0, 0.1) is 11.8 Å². The van der Waals surface area contributed by atoms with Crippen LogP contribution in [0.3, 0.4) is 0 Å². The number of rotatable bonds is 5. The molecule has 1 N–H and O–H groups in total. The van der Waals surface area contributed by atoms with Crippen LogP contribution in [-0.4, -0.2) is 43.4 Å². The Kier molecular flexibility index (Phi) is 6.52. The average Bonchev–Trinajstić information content (AvgIpc) is 3.22. The van der Waals surface area contributed by atoms with Crippen LogP contribution in [0.4, 0.5) is 13.2 Å². The molecule has 1 aliphatic rings. The molecular formula is C30H23F3N4O3. The second kappa shape index (κ2) is 10.2. The summed E-state index contributed by atoms with van der Waals surface area (Å²) in [4.78, 5) is 12.4. The first-order valence-electron chi connectivity index (χ1n) is 12.6. The van der Waals surface area contributed by atoms with Gasteiger partial charge in [-0.3, -0.25) is 4.98 Å². The molecular weight excluding hydrogens is 521 g/mol. The Morgan fingerprint density at radius 3 is 2.50 bits per heavy atom. The van der Waals surface area contributed by atoms with E-state index in [2.05, 4.69) is 26.8 Å². The first kappa shape index (κ1) is 25.6. The lowest BCUT2D eigenvalue weighted by Crippen LogP contribution is -2.41. The predicted molar refractivity (Wildman–Crippen MR) is 143 cm³/mol. The summed E-state index contributed by atoms with van der Waals surface area (Å²) >= 11 is 0. The molecule has 7 nitrogen and oxygen atoms in total. The van der Waals surface area contributed by atoms with Gasteiger partial charge in [0, 0.05) is 60.3 Å². The molecule has 0 unspecified atom stereocenters. The third-order valence-corrected chi connectivity index (χ3v) is 6.96. The van der Waals surface area contributed by atoms with Gasteiger partial charge in [-0.1, -0.05) is 18.1 Å². The van der Waals surface area contributed by atoms with Gasteiger partial charge in [-0.25, -0.2) is 9.97 Å². The van der Waals surface area contributed by atoms with Crippen LogP contribution in [-0.2, 0) is 13.2 Å². The molecule has 0 amide bonds. The topological polar surface area (TPSA) is 82.3 Å². The van der Waals surface area contributed by atoms with Gasteiger partial charge in [0.05, 0.1) is 11.7 Å². The zero-order valence-corrected chi connectivity index (χ0v) is 21.3. The maximum atomic E-state index is 14.1. The van der Waals surface area contributed by atoms with E-state index in [4.69, 9.17) is 14.6 Å². The normalized spacial score (nSPS) is 16.8. The highest BCUT2D eigenvalue weighted by molar-refractivity contribution is 6.08. The van der Waals surface area contributed by atoms with Crippen molar-refractivity contribution in [1.82, 2.24) is 19.5 Å². The molecule has 0 saturated heterocycles. The molecule has 1 saturated carbocycles. The summed E-state index contributed by atoms with van der Waals surface area (Å²) in [5.41, 5.74) is 2.43. The third kappa shape index (κ3) is 4.92. The summed E-state index contributed by atoms with van der Waals surface area (Å²) in [5.74, 6) is 5.29. The first-order chi connectivity index (χ1) is 19.3. The highest BCUT2D eigenvalue weighted by Gasteiger charge is 2.39. The van der Waals surface area contributed by atoms with Crippen LogP contribution in [0.1, 0.15) is 24.1 Å². The Balaban J connectivity index is 1.18. The number of nitrogens with zero attached hydrogens (tertiary/aromatic N) is 4. The van der Waals surface area contributed by atoms with E-state index in [1.807, 2.05) is 29.8 Å². The number of benzene rings is 1. The summed E-state index contributed by atoms with van der Waals surface area (Å²) in [5, 5.41) is 10.7. The lowest BCUT2D eigenvalue weighted by atomic mass is 9.92. The van der Waals surface area contributed by atoms with Gasteiger partial charge in [0.15, 0.2) is 0 Å². The van der Waals surface area contributed by atoms with Gasteiger partial charge in [-0.05, 0) is 41.8 Å². The van der Waals surface area contributed by atoms with Gasteiger partial charge in [-0.15, -0.1) is 0 Å². The van der Waals surface area contributed by atoms with Crippen LogP contribution in [0.5, 0.6) is 11.6 Å². The molecule has 0 radical (unpaired) electrons. The molecule has 10 heteroatoms. The smallest absolute Gasteiger partial charge is 0.421 e. The van der Waals surface area contributed by atoms with Gasteiger partial charge in [-0.2, -0.15) is 13.2 Å². The SMILES string of the molecule is Cn1c2ccncc2c2ccc(-c3cnc(OC4CC(Oc5ccc(C#CCO)nc5)C4)c(C(F)(F)F)c3)cc21. The third-order valence-electron chi connectivity index (χ3n) is 6.96. The van der Waals surface area contributed by atoms with E-state index in [1.54, 1.807) is 30.6 Å². The average molecular weight is 545 g/mol. The standard InChI is InChI=1S/C30H23F3N4O3/c1-37-27-8-9-34-17-25(27)24-7-4-18(12-28(24)37)19-11-26(30(31,32)33)29(36-15-19)40-23-13-22(14-23)39-21-6-5-20(35-16-21)3-2-10-38/h4-9,11-12,15-17,22-23,38H,10,13-14H2,1H3. The van der Waals surface area contributed by atoms with Gasteiger partial charge in [0.25, 0.3) is 0 Å². The quantitative estimate of drug-likeness (QED) is 0.293. The summed E-state index contributed by atoms with van der Waals surface area (Å²) in [6.45, 7) is -0.254. The van der Waals surface area contributed by atoms with Crippen molar-refractivity contribution in [3.05, 3.63) is 78.5 Å². The fraction of sp³-hybridized carbons (Fsp3) is 0.233.